The number of nitrogens with zero attached hydrogens (tertiary/aromatic N) is 1. The lowest BCUT2D eigenvalue weighted by molar-refractivity contribution is -0.129. The Hall–Kier alpha value is -3.13. The second-order valence-electron chi connectivity index (χ2n) is 6.31. The van der Waals surface area contributed by atoms with Crippen LogP contribution in [-0.2, 0) is 4.79 Å². The molecule has 3 rings (SSSR count). The number of ether oxygens (including phenoxy) is 4. The minimum Gasteiger partial charge on any atom is -0.504 e. The summed E-state index contributed by atoms with van der Waals surface area (Å²) >= 11 is 0. The van der Waals surface area contributed by atoms with Crippen LogP contribution in [0.5, 0.6) is 28.7 Å². The van der Waals surface area contributed by atoms with Gasteiger partial charge in [0.15, 0.2) is 23.0 Å². The van der Waals surface area contributed by atoms with Crippen molar-refractivity contribution in [2.24, 2.45) is 11.7 Å². The summed E-state index contributed by atoms with van der Waals surface area (Å²) in [5.41, 5.74) is 7.18. The van der Waals surface area contributed by atoms with E-state index in [0.29, 0.717) is 28.7 Å². The van der Waals surface area contributed by atoms with Crippen molar-refractivity contribution in [2.75, 3.05) is 39.9 Å². The van der Waals surface area contributed by atoms with Crippen LogP contribution in [0.2, 0.25) is 0 Å². The molecule has 8 nitrogen and oxygen atoms in total. The van der Waals surface area contributed by atoms with Crippen molar-refractivity contribution in [3.63, 3.8) is 0 Å². The van der Waals surface area contributed by atoms with Crippen molar-refractivity contribution in [2.45, 2.75) is 6.04 Å². The Labute approximate surface area is 163 Å². The number of phenols is 1. The molecule has 1 heterocycles. The molecule has 0 radical (unpaired) electrons. The SMILES string of the molecule is COc1ccc([C@H]2[C@H](CN)C(=O)N2c2cc(OC)c(OC)c(OC)c2)cc1O. The standard InChI is InChI=1S/C20H24N2O6/c1-25-15-6-5-11(7-14(15)23)18-13(10-21)20(24)22(18)12-8-16(26-2)19(28-4)17(9-12)27-3/h5-9,13,18,23H,10,21H2,1-4H3/t13-,18-/m0/s1. The molecule has 1 fully saturated rings. The van der Waals surface area contributed by atoms with Crippen LogP contribution in [0.1, 0.15) is 11.6 Å². The fourth-order valence-corrected chi connectivity index (χ4v) is 3.54. The molecule has 8 heteroatoms. The molecule has 150 valence electrons. The van der Waals surface area contributed by atoms with E-state index in [1.54, 1.807) is 29.2 Å². The fraction of sp³-hybridized carbons (Fsp3) is 0.350. The van der Waals surface area contributed by atoms with E-state index >= 15 is 0 Å². The number of anilines is 1. The predicted octanol–water partition coefficient (Wildman–Crippen LogP) is 2.09. The topological polar surface area (TPSA) is 103 Å². The average molecular weight is 388 g/mol. The van der Waals surface area contributed by atoms with Gasteiger partial charge in [-0.05, 0) is 17.7 Å². The van der Waals surface area contributed by atoms with E-state index in [9.17, 15) is 9.90 Å². The van der Waals surface area contributed by atoms with E-state index in [1.165, 1.54) is 28.4 Å². The molecule has 0 unspecified atom stereocenters. The lowest BCUT2D eigenvalue weighted by Crippen LogP contribution is -2.57. The molecule has 1 saturated heterocycles. The van der Waals surface area contributed by atoms with Gasteiger partial charge in [-0.1, -0.05) is 6.07 Å². The number of aromatic hydroxyl groups is 1. The number of hydrogen-bond donors (Lipinski definition) is 2. The van der Waals surface area contributed by atoms with Crippen LogP contribution in [-0.4, -0.2) is 46.0 Å². The summed E-state index contributed by atoms with van der Waals surface area (Å²) in [6.07, 6.45) is 0. The molecule has 0 spiro atoms. The molecule has 3 N–H and O–H groups in total. The molecular weight excluding hydrogens is 364 g/mol. The van der Waals surface area contributed by atoms with Crippen molar-refractivity contribution in [1.82, 2.24) is 0 Å². The van der Waals surface area contributed by atoms with Gasteiger partial charge in [-0.3, -0.25) is 4.79 Å². The molecule has 1 amide bonds. The first-order valence-corrected chi connectivity index (χ1v) is 8.70. The Morgan fingerprint density at radius 2 is 1.57 bits per heavy atom. The number of β-lactam (4-membered cyclic amide) rings is 1. The molecule has 2 aromatic rings. The van der Waals surface area contributed by atoms with Gasteiger partial charge in [0, 0.05) is 18.7 Å². The van der Waals surface area contributed by atoms with E-state index in [-0.39, 0.29) is 24.2 Å². The van der Waals surface area contributed by atoms with Crippen molar-refractivity contribution in [3.05, 3.63) is 35.9 Å². The Morgan fingerprint density at radius 1 is 0.964 bits per heavy atom. The van der Waals surface area contributed by atoms with Gasteiger partial charge in [0.25, 0.3) is 0 Å². The summed E-state index contributed by atoms with van der Waals surface area (Å²) in [5.74, 6) is 1.17. The van der Waals surface area contributed by atoms with Crippen molar-refractivity contribution < 1.29 is 28.8 Å². The second-order valence-corrected chi connectivity index (χ2v) is 6.31. The normalized spacial score (nSPS) is 18.5. The highest BCUT2D eigenvalue weighted by Gasteiger charge is 2.48. The largest absolute Gasteiger partial charge is 0.504 e. The first-order valence-electron chi connectivity index (χ1n) is 8.70. The van der Waals surface area contributed by atoms with Crippen molar-refractivity contribution in [3.8, 4) is 28.7 Å². The number of carbonyl (C=O) groups is 1. The summed E-state index contributed by atoms with van der Waals surface area (Å²) in [5, 5.41) is 10.2. The van der Waals surface area contributed by atoms with Crippen molar-refractivity contribution in [1.29, 1.82) is 0 Å². The van der Waals surface area contributed by atoms with Gasteiger partial charge in [0.1, 0.15) is 0 Å². The first kappa shape index (κ1) is 19.6. The monoisotopic (exact) mass is 388 g/mol. The van der Waals surface area contributed by atoms with Gasteiger partial charge in [-0.15, -0.1) is 0 Å². The predicted molar refractivity (Wildman–Crippen MR) is 104 cm³/mol. The maximum atomic E-state index is 12.8. The maximum Gasteiger partial charge on any atom is 0.234 e. The van der Waals surface area contributed by atoms with E-state index < -0.39 is 5.92 Å². The number of benzene rings is 2. The third-order valence-corrected chi connectivity index (χ3v) is 4.94. The molecule has 0 saturated carbocycles. The van der Waals surface area contributed by atoms with Crippen LogP contribution in [0, 0.1) is 5.92 Å². The zero-order valence-electron chi connectivity index (χ0n) is 16.3. The third kappa shape index (κ3) is 3.05. The summed E-state index contributed by atoms with van der Waals surface area (Å²) < 4.78 is 21.2. The lowest BCUT2D eigenvalue weighted by atomic mass is 9.81. The Kier molecular flexibility index (Phi) is 5.51. The molecule has 0 aliphatic carbocycles. The lowest BCUT2D eigenvalue weighted by Gasteiger charge is -2.47. The average Bonchev–Trinajstić information content (AvgIpc) is 2.71. The number of nitrogens with two attached hydrogens (primary N) is 1. The zero-order chi connectivity index (χ0) is 20.4. The Bertz CT molecular complexity index is 860. The van der Waals surface area contributed by atoms with Crippen LogP contribution in [0.25, 0.3) is 0 Å². The molecule has 0 aromatic heterocycles. The maximum absolute atomic E-state index is 12.8. The Balaban J connectivity index is 2.07. The van der Waals surface area contributed by atoms with Gasteiger partial charge in [-0.25, -0.2) is 0 Å². The minimum absolute atomic E-state index is 0.0000348. The number of carbonyl (C=O) groups excluding carboxylic acids is 1. The first-order chi connectivity index (χ1) is 13.5. The van der Waals surface area contributed by atoms with Crippen LogP contribution in [0.15, 0.2) is 30.3 Å². The van der Waals surface area contributed by atoms with Crippen molar-refractivity contribution >= 4 is 11.6 Å². The fourth-order valence-electron chi connectivity index (χ4n) is 3.54. The highest BCUT2D eigenvalue weighted by Crippen LogP contribution is 2.48. The van der Waals surface area contributed by atoms with Gasteiger partial charge >= 0.3 is 0 Å². The third-order valence-electron chi connectivity index (χ3n) is 4.94. The van der Waals surface area contributed by atoms with E-state index in [4.69, 9.17) is 24.7 Å². The highest BCUT2D eigenvalue weighted by molar-refractivity contribution is 6.04. The smallest absolute Gasteiger partial charge is 0.234 e. The van der Waals surface area contributed by atoms with E-state index in [1.807, 2.05) is 6.07 Å². The molecule has 2 aromatic carbocycles. The number of hydrogen-bond acceptors (Lipinski definition) is 7. The van der Waals surface area contributed by atoms with Crippen LogP contribution in [0.4, 0.5) is 5.69 Å². The van der Waals surface area contributed by atoms with Crippen LogP contribution < -0.4 is 29.6 Å². The quantitative estimate of drug-likeness (QED) is 0.700. The summed E-state index contributed by atoms with van der Waals surface area (Å²) in [7, 11) is 6.02. The van der Waals surface area contributed by atoms with Gasteiger partial charge in [0.05, 0.1) is 46.1 Å². The number of amides is 1. The summed E-state index contributed by atoms with van der Waals surface area (Å²) in [6.45, 7) is 0.192. The molecule has 2 atom stereocenters. The number of methoxy groups -OCH3 is 4. The zero-order valence-corrected chi connectivity index (χ0v) is 16.3. The van der Waals surface area contributed by atoms with Gasteiger partial charge < -0.3 is 34.7 Å². The second kappa shape index (κ2) is 7.85. The minimum atomic E-state index is -0.396. The molecule has 28 heavy (non-hydrogen) atoms. The van der Waals surface area contributed by atoms with Crippen LogP contribution in [0.3, 0.4) is 0 Å². The summed E-state index contributed by atoms with van der Waals surface area (Å²) in [4.78, 5) is 14.4. The summed E-state index contributed by atoms with van der Waals surface area (Å²) in [6, 6.07) is 8.14. The van der Waals surface area contributed by atoms with Gasteiger partial charge in [-0.2, -0.15) is 0 Å². The van der Waals surface area contributed by atoms with E-state index in [2.05, 4.69) is 0 Å². The molecule has 0 bridgehead atoms. The molecule has 1 aliphatic heterocycles. The van der Waals surface area contributed by atoms with Crippen LogP contribution >= 0.6 is 0 Å². The molecule has 1 aliphatic rings. The number of phenolic OH excluding ortho intramolecular Hbond substituents is 1. The Morgan fingerprint density at radius 3 is 2.04 bits per heavy atom. The molecular formula is C20H24N2O6. The number of rotatable bonds is 7. The highest BCUT2D eigenvalue weighted by atomic mass is 16.5. The van der Waals surface area contributed by atoms with Gasteiger partial charge in [0.2, 0.25) is 11.7 Å². The van der Waals surface area contributed by atoms with E-state index in [0.717, 1.165) is 5.56 Å².